The molecule has 0 aliphatic heterocycles. The predicted molar refractivity (Wildman–Crippen MR) is 101 cm³/mol. The van der Waals surface area contributed by atoms with Crippen LogP contribution in [0.15, 0.2) is 48.5 Å². The maximum atomic E-state index is 12.1. The highest BCUT2D eigenvalue weighted by molar-refractivity contribution is 5.79. The standard InChI is InChI=1S/C21H28N2O2/c1-14-6-5-7-18(12-14)13-25-20-10-8-19(9-11-20)17(4)23-21(24)15(2)16(3)22/h5-12,15-17H,13,22H2,1-4H3,(H,23,24). The first kappa shape index (κ1) is 19.0. The van der Waals surface area contributed by atoms with E-state index in [1.54, 1.807) is 0 Å². The van der Waals surface area contributed by atoms with Crippen LogP contribution in [0.3, 0.4) is 0 Å². The number of nitrogens with one attached hydrogen (secondary N) is 1. The van der Waals surface area contributed by atoms with Gasteiger partial charge in [0.05, 0.1) is 6.04 Å². The van der Waals surface area contributed by atoms with E-state index in [-0.39, 0.29) is 23.9 Å². The van der Waals surface area contributed by atoms with Gasteiger partial charge in [0.2, 0.25) is 5.91 Å². The second-order valence-electron chi connectivity index (χ2n) is 6.72. The SMILES string of the molecule is Cc1cccc(COc2ccc(C(C)NC(=O)C(C)C(C)N)cc2)c1. The Morgan fingerprint density at radius 1 is 1.12 bits per heavy atom. The highest BCUT2D eigenvalue weighted by Crippen LogP contribution is 2.19. The lowest BCUT2D eigenvalue weighted by Gasteiger charge is -2.20. The summed E-state index contributed by atoms with van der Waals surface area (Å²) in [6.07, 6.45) is 0. The smallest absolute Gasteiger partial charge is 0.224 e. The van der Waals surface area contributed by atoms with E-state index in [9.17, 15) is 4.79 Å². The zero-order chi connectivity index (χ0) is 18.4. The summed E-state index contributed by atoms with van der Waals surface area (Å²) < 4.78 is 5.83. The normalized spacial score (nSPS) is 14.4. The number of carbonyl (C=O) groups excluding carboxylic acids is 1. The zero-order valence-electron chi connectivity index (χ0n) is 15.5. The van der Waals surface area contributed by atoms with Gasteiger partial charge in [0.1, 0.15) is 12.4 Å². The molecule has 134 valence electrons. The molecule has 0 heterocycles. The fourth-order valence-electron chi connectivity index (χ4n) is 2.49. The monoisotopic (exact) mass is 340 g/mol. The molecule has 2 rings (SSSR count). The van der Waals surface area contributed by atoms with Crippen molar-refractivity contribution in [3.05, 3.63) is 65.2 Å². The minimum absolute atomic E-state index is 0.0257. The molecule has 3 atom stereocenters. The molecule has 4 nitrogen and oxygen atoms in total. The van der Waals surface area contributed by atoms with Crippen LogP contribution in [0, 0.1) is 12.8 Å². The van der Waals surface area contributed by atoms with Crippen LogP contribution in [0.4, 0.5) is 0 Å². The summed E-state index contributed by atoms with van der Waals surface area (Å²) in [7, 11) is 0. The lowest BCUT2D eigenvalue weighted by Crippen LogP contribution is -2.39. The van der Waals surface area contributed by atoms with Crippen LogP contribution in [0.1, 0.15) is 43.5 Å². The molecule has 0 fully saturated rings. The first-order chi connectivity index (χ1) is 11.9. The summed E-state index contributed by atoms with van der Waals surface area (Å²) in [5.41, 5.74) is 9.19. The quantitative estimate of drug-likeness (QED) is 0.807. The maximum Gasteiger partial charge on any atom is 0.224 e. The van der Waals surface area contributed by atoms with Crippen molar-refractivity contribution < 1.29 is 9.53 Å². The number of rotatable bonds is 7. The highest BCUT2D eigenvalue weighted by atomic mass is 16.5. The maximum absolute atomic E-state index is 12.1. The fraction of sp³-hybridized carbons (Fsp3) is 0.381. The molecule has 4 heteroatoms. The van der Waals surface area contributed by atoms with Gasteiger partial charge in [-0.1, -0.05) is 48.9 Å². The molecule has 0 aliphatic rings. The Balaban J connectivity index is 1.91. The van der Waals surface area contributed by atoms with Crippen molar-refractivity contribution in [2.75, 3.05) is 0 Å². The molecule has 3 unspecified atom stereocenters. The van der Waals surface area contributed by atoms with Gasteiger partial charge in [0.25, 0.3) is 0 Å². The Hall–Kier alpha value is -2.33. The zero-order valence-corrected chi connectivity index (χ0v) is 15.5. The van der Waals surface area contributed by atoms with Gasteiger partial charge < -0.3 is 15.8 Å². The Kier molecular flexibility index (Phi) is 6.59. The third-order valence-corrected chi connectivity index (χ3v) is 4.43. The number of aryl methyl sites for hydroxylation is 1. The number of carbonyl (C=O) groups is 1. The van der Waals surface area contributed by atoms with Crippen LogP contribution in [-0.4, -0.2) is 11.9 Å². The first-order valence-electron chi connectivity index (χ1n) is 8.71. The molecule has 0 aromatic heterocycles. The summed E-state index contributed by atoms with van der Waals surface area (Å²) in [6.45, 7) is 8.26. The highest BCUT2D eigenvalue weighted by Gasteiger charge is 2.19. The minimum Gasteiger partial charge on any atom is -0.489 e. The van der Waals surface area contributed by atoms with Crippen molar-refractivity contribution in [1.29, 1.82) is 0 Å². The van der Waals surface area contributed by atoms with Crippen molar-refractivity contribution >= 4 is 5.91 Å². The third kappa shape index (κ3) is 5.61. The lowest BCUT2D eigenvalue weighted by atomic mass is 10.0. The van der Waals surface area contributed by atoms with E-state index in [0.29, 0.717) is 6.61 Å². The topological polar surface area (TPSA) is 64.3 Å². The molecule has 25 heavy (non-hydrogen) atoms. The van der Waals surface area contributed by atoms with E-state index < -0.39 is 0 Å². The van der Waals surface area contributed by atoms with Crippen LogP contribution in [0.2, 0.25) is 0 Å². The van der Waals surface area contributed by atoms with E-state index in [0.717, 1.165) is 16.9 Å². The molecular weight excluding hydrogens is 312 g/mol. The summed E-state index contributed by atoms with van der Waals surface area (Å²) >= 11 is 0. The van der Waals surface area contributed by atoms with Gasteiger partial charge in [-0.25, -0.2) is 0 Å². The first-order valence-corrected chi connectivity index (χ1v) is 8.71. The van der Waals surface area contributed by atoms with Crippen LogP contribution in [0.25, 0.3) is 0 Å². The van der Waals surface area contributed by atoms with Gasteiger partial charge in [-0.3, -0.25) is 4.79 Å². The summed E-state index contributed by atoms with van der Waals surface area (Å²) in [4.78, 5) is 12.1. The van der Waals surface area contributed by atoms with Crippen LogP contribution < -0.4 is 15.8 Å². The van der Waals surface area contributed by atoms with Crippen molar-refractivity contribution in [3.63, 3.8) is 0 Å². The molecule has 1 amide bonds. The second kappa shape index (κ2) is 8.67. The van der Waals surface area contributed by atoms with Crippen molar-refractivity contribution in [1.82, 2.24) is 5.32 Å². The molecule has 2 aromatic rings. The molecule has 0 saturated heterocycles. The summed E-state index contributed by atoms with van der Waals surface area (Å²) in [5, 5.41) is 3.00. The molecule has 0 radical (unpaired) electrons. The Morgan fingerprint density at radius 2 is 1.80 bits per heavy atom. The summed E-state index contributed by atoms with van der Waals surface area (Å²) in [6, 6.07) is 15.9. The van der Waals surface area contributed by atoms with E-state index in [2.05, 4.69) is 30.4 Å². The Morgan fingerprint density at radius 3 is 2.40 bits per heavy atom. The van der Waals surface area contributed by atoms with Crippen LogP contribution >= 0.6 is 0 Å². The second-order valence-corrected chi connectivity index (χ2v) is 6.72. The van der Waals surface area contributed by atoms with E-state index in [1.807, 2.05) is 51.1 Å². The minimum atomic E-state index is -0.209. The largest absolute Gasteiger partial charge is 0.489 e. The van der Waals surface area contributed by atoms with Gasteiger partial charge in [0.15, 0.2) is 0 Å². The van der Waals surface area contributed by atoms with Gasteiger partial charge in [-0.05, 0) is 44.0 Å². The Labute approximate surface area is 150 Å². The summed E-state index contributed by atoms with van der Waals surface area (Å²) in [5.74, 6) is 0.578. The van der Waals surface area contributed by atoms with Gasteiger partial charge in [-0.2, -0.15) is 0 Å². The van der Waals surface area contributed by atoms with Crippen LogP contribution in [-0.2, 0) is 11.4 Å². The molecule has 3 N–H and O–H groups in total. The predicted octanol–water partition coefficient (Wildman–Crippen LogP) is 3.73. The van der Waals surface area contributed by atoms with Gasteiger partial charge in [0, 0.05) is 12.0 Å². The average Bonchev–Trinajstić information content (AvgIpc) is 2.59. The van der Waals surface area contributed by atoms with Crippen molar-refractivity contribution in [3.8, 4) is 5.75 Å². The van der Waals surface area contributed by atoms with Gasteiger partial charge in [-0.15, -0.1) is 0 Å². The third-order valence-electron chi connectivity index (χ3n) is 4.43. The molecule has 0 bridgehead atoms. The molecule has 2 aromatic carbocycles. The number of ether oxygens (including phenoxy) is 1. The molecule has 0 aliphatic carbocycles. The number of nitrogens with two attached hydrogens (primary N) is 1. The Bertz CT molecular complexity index is 695. The van der Waals surface area contributed by atoms with Crippen molar-refractivity contribution in [2.24, 2.45) is 11.7 Å². The molecule has 0 saturated carbocycles. The number of hydrogen-bond acceptors (Lipinski definition) is 3. The van der Waals surface area contributed by atoms with E-state index >= 15 is 0 Å². The van der Waals surface area contributed by atoms with Gasteiger partial charge >= 0.3 is 0 Å². The van der Waals surface area contributed by atoms with E-state index in [1.165, 1.54) is 5.56 Å². The molecule has 0 spiro atoms. The number of hydrogen-bond donors (Lipinski definition) is 2. The lowest BCUT2D eigenvalue weighted by molar-refractivity contribution is -0.125. The van der Waals surface area contributed by atoms with Crippen LogP contribution in [0.5, 0.6) is 5.75 Å². The number of amides is 1. The fourth-order valence-corrected chi connectivity index (χ4v) is 2.49. The van der Waals surface area contributed by atoms with Crippen molar-refractivity contribution in [2.45, 2.75) is 46.4 Å². The number of benzene rings is 2. The molecular formula is C21H28N2O2. The average molecular weight is 340 g/mol. The van der Waals surface area contributed by atoms with E-state index in [4.69, 9.17) is 10.5 Å².